The first-order chi connectivity index (χ1) is 14.0. The first-order valence-corrected chi connectivity index (χ1v) is 9.35. The minimum Gasteiger partial charge on any atom is -0.462 e. The number of ether oxygens (including phenoxy) is 1. The van der Waals surface area contributed by atoms with E-state index in [9.17, 15) is 9.59 Å². The highest BCUT2D eigenvalue weighted by atomic mass is 16.5. The van der Waals surface area contributed by atoms with Crippen molar-refractivity contribution in [1.82, 2.24) is 4.98 Å². The Morgan fingerprint density at radius 1 is 1.00 bits per heavy atom. The molecular formula is C23H23N3O3. The zero-order valence-electron chi connectivity index (χ0n) is 16.7. The van der Waals surface area contributed by atoms with Crippen LogP contribution in [0.1, 0.15) is 38.8 Å². The van der Waals surface area contributed by atoms with Gasteiger partial charge in [-0.2, -0.15) is 0 Å². The SMILES string of the molecule is CCOC(=O)c1ccccc1NC(=O)c1ccc(Nc2ccc(C)c(C)c2)nc1. The molecule has 0 bridgehead atoms. The van der Waals surface area contributed by atoms with Crippen LogP contribution < -0.4 is 10.6 Å². The highest BCUT2D eigenvalue weighted by Gasteiger charge is 2.15. The molecule has 2 N–H and O–H groups in total. The first kappa shape index (κ1) is 20.1. The van der Waals surface area contributed by atoms with Crippen LogP contribution in [-0.4, -0.2) is 23.5 Å². The van der Waals surface area contributed by atoms with Crippen LogP contribution in [0, 0.1) is 13.8 Å². The number of amides is 1. The summed E-state index contributed by atoms with van der Waals surface area (Å²) >= 11 is 0. The number of aromatic nitrogens is 1. The second kappa shape index (κ2) is 9.01. The Hall–Kier alpha value is -3.67. The second-order valence-corrected chi connectivity index (χ2v) is 6.58. The van der Waals surface area contributed by atoms with E-state index >= 15 is 0 Å². The molecule has 0 fully saturated rings. The lowest BCUT2D eigenvalue weighted by Gasteiger charge is -2.11. The summed E-state index contributed by atoms with van der Waals surface area (Å²) in [7, 11) is 0. The molecule has 148 valence electrons. The van der Waals surface area contributed by atoms with Crippen LogP contribution >= 0.6 is 0 Å². The standard InChI is InChI=1S/C23H23N3O3/c1-4-29-23(28)19-7-5-6-8-20(19)26-22(27)17-10-12-21(24-14-17)25-18-11-9-15(2)16(3)13-18/h5-14H,4H2,1-3H3,(H,24,25)(H,26,27). The topological polar surface area (TPSA) is 80.3 Å². The van der Waals surface area contributed by atoms with Crippen molar-refractivity contribution in [3.63, 3.8) is 0 Å². The molecule has 6 heteroatoms. The van der Waals surface area contributed by atoms with Gasteiger partial charge < -0.3 is 15.4 Å². The molecule has 2 aromatic carbocycles. The van der Waals surface area contributed by atoms with Gasteiger partial charge in [0.05, 0.1) is 23.4 Å². The van der Waals surface area contributed by atoms with Crippen molar-refractivity contribution < 1.29 is 14.3 Å². The molecule has 0 radical (unpaired) electrons. The summed E-state index contributed by atoms with van der Waals surface area (Å²) in [5.74, 6) is -0.196. The molecule has 6 nitrogen and oxygen atoms in total. The Morgan fingerprint density at radius 3 is 2.48 bits per heavy atom. The molecule has 1 aromatic heterocycles. The summed E-state index contributed by atoms with van der Waals surface area (Å²) in [6.45, 7) is 6.11. The van der Waals surface area contributed by atoms with Gasteiger partial charge in [-0.3, -0.25) is 4.79 Å². The normalized spacial score (nSPS) is 10.3. The van der Waals surface area contributed by atoms with Crippen molar-refractivity contribution in [2.24, 2.45) is 0 Å². The molecule has 0 aliphatic carbocycles. The molecule has 0 atom stereocenters. The molecule has 1 amide bonds. The Labute approximate surface area is 169 Å². The molecule has 0 spiro atoms. The Morgan fingerprint density at radius 2 is 1.79 bits per heavy atom. The lowest BCUT2D eigenvalue weighted by atomic mass is 10.1. The highest BCUT2D eigenvalue weighted by molar-refractivity contribution is 6.07. The van der Waals surface area contributed by atoms with Crippen molar-refractivity contribution in [3.8, 4) is 0 Å². The number of pyridine rings is 1. The second-order valence-electron chi connectivity index (χ2n) is 6.58. The van der Waals surface area contributed by atoms with Crippen molar-refractivity contribution in [1.29, 1.82) is 0 Å². The van der Waals surface area contributed by atoms with E-state index in [-0.39, 0.29) is 12.5 Å². The third kappa shape index (κ3) is 4.99. The van der Waals surface area contributed by atoms with Crippen LogP contribution in [-0.2, 0) is 4.74 Å². The third-order valence-electron chi connectivity index (χ3n) is 4.48. The van der Waals surface area contributed by atoms with E-state index in [1.807, 2.05) is 18.2 Å². The molecule has 0 aliphatic rings. The zero-order valence-corrected chi connectivity index (χ0v) is 16.7. The number of rotatable bonds is 6. The number of aryl methyl sites for hydroxylation is 2. The monoisotopic (exact) mass is 389 g/mol. The Bertz CT molecular complexity index is 1030. The zero-order chi connectivity index (χ0) is 20.8. The van der Waals surface area contributed by atoms with Gasteiger partial charge in [0.1, 0.15) is 5.82 Å². The van der Waals surface area contributed by atoms with Gasteiger partial charge >= 0.3 is 5.97 Å². The van der Waals surface area contributed by atoms with Crippen LogP contribution in [0.5, 0.6) is 0 Å². The van der Waals surface area contributed by atoms with E-state index in [2.05, 4.69) is 29.5 Å². The number of nitrogens with zero attached hydrogens (tertiary/aromatic N) is 1. The van der Waals surface area contributed by atoms with Gasteiger partial charge in [-0.25, -0.2) is 9.78 Å². The number of benzene rings is 2. The van der Waals surface area contributed by atoms with Crippen LogP contribution in [0.25, 0.3) is 0 Å². The minimum atomic E-state index is -0.477. The van der Waals surface area contributed by atoms with E-state index in [0.717, 1.165) is 5.69 Å². The van der Waals surface area contributed by atoms with E-state index < -0.39 is 5.97 Å². The van der Waals surface area contributed by atoms with Gasteiger partial charge in [0, 0.05) is 11.9 Å². The van der Waals surface area contributed by atoms with Gasteiger partial charge in [-0.1, -0.05) is 18.2 Å². The number of hydrogen-bond acceptors (Lipinski definition) is 5. The maximum absolute atomic E-state index is 12.6. The fourth-order valence-electron chi connectivity index (χ4n) is 2.74. The number of nitrogens with one attached hydrogen (secondary N) is 2. The van der Waals surface area contributed by atoms with Gasteiger partial charge in [0.2, 0.25) is 0 Å². The summed E-state index contributed by atoms with van der Waals surface area (Å²) in [6, 6.07) is 16.2. The number of carbonyl (C=O) groups is 2. The molecule has 0 aliphatic heterocycles. The van der Waals surface area contributed by atoms with Crippen LogP contribution in [0.2, 0.25) is 0 Å². The summed E-state index contributed by atoms with van der Waals surface area (Å²) in [5, 5.41) is 5.97. The summed E-state index contributed by atoms with van der Waals surface area (Å²) in [4.78, 5) is 28.9. The number of para-hydroxylation sites is 1. The largest absolute Gasteiger partial charge is 0.462 e. The molecule has 3 aromatic rings. The van der Waals surface area contributed by atoms with Crippen LogP contribution in [0.3, 0.4) is 0 Å². The Kier molecular flexibility index (Phi) is 6.24. The minimum absolute atomic E-state index is 0.264. The average Bonchev–Trinajstić information content (AvgIpc) is 2.72. The number of carbonyl (C=O) groups excluding carboxylic acids is 2. The predicted octanol–water partition coefficient (Wildman–Crippen LogP) is 4.87. The summed E-state index contributed by atoms with van der Waals surface area (Å²) in [5.41, 5.74) is 4.43. The van der Waals surface area contributed by atoms with Gasteiger partial charge in [0.25, 0.3) is 5.91 Å². The van der Waals surface area contributed by atoms with Crippen molar-refractivity contribution in [2.75, 3.05) is 17.2 Å². The number of esters is 1. The molecule has 29 heavy (non-hydrogen) atoms. The maximum atomic E-state index is 12.6. The van der Waals surface area contributed by atoms with Crippen molar-refractivity contribution in [2.45, 2.75) is 20.8 Å². The highest BCUT2D eigenvalue weighted by Crippen LogP contribution is 2.20. The summed E-state index contributed by atoms with van der Waals surface area (Å²) < 4.78 is 5.03. The van der Waals surface area contributed by atoms with E-state index in [1.54, 1.807) is 43.3 Å². The number of hydrogen-bond donors (Lipinski definition) is 2. The molecule has 3 rings (SSSR count). The fourth-order valence-corrected chi connectivity index (χ4v) is 2.74. The molecule has 0 saturated heterocycles. The van der Waals surface area contributed by atoms with Gasteiger partial charge in [-0.15, -0.1) is 0 Å². The summed E-state index contributed by atoms with van der Waals surface area (Å²) in [6.07, 6.45) is 1.49. The third-order valence-corrected chi connectivity index (χ3v) is 4.48. The fraction of sp³-hybridized carbons (Fsp3) is 0.174. The molecule has 0 unspecified atom stereocenters. The van der Waals surface area contributed by atoms with E-state index in [4.69, 9.17) is 4.74 Å². The van der Waals surface area contributed by atoms with Gasteiger partial charge in [0.15, 0.2) is 0 Å². The van der Waals surface area contributed by atoms with Crippen molar-refractivity contribution in [3.05, 3.63) is 83.0 Å². The quantitative estimate of drug-likeness (QED) is 0.588. The predicted molar refractivity (Wildman–Crippen MR) is 114 cm³/mol. The average molecular weight is 389 g/mol. The molecule has 0 saturated carbocycles. The smallest absolute Gasteiger partial charge is 0.340 e. The lowest BCUT2D eigenvalue weighted by Crippen LogP contribution is -2.16. The van der Waals surface area contributed by atoms with Crippen molar-refractivity contribution >= 4 is 29.1 Å². The molecular weight excluding hydrogens is 366 g/mol. The van der Waals surface area contributed by atoms with Crippen LogP contribution in [0.4, 0.5) is 17.2 Å². The van der Waals surface area contributed by atoms with Crippen LogP contribution in [0.15, 0.2) is 60.8 Å². The first-order valence-electron chi connectivity index (χ1n) is 9.35. The maximum Gasteiger partial charge on any atom is 0.340 e. The van der Waals surface area contributed by atoms with E-state index in [1.165, 1.54) is 17.3 Å². The lowest BCUT2D eigenvalue weighted by molar-refractivity contribution is 0.0527. The van der Waals surface area contributed by atoms with E-state index in [0.29, 0.717) is 22.6 Å². The Balaban J connectivity index is 1.71. The number of anilines is 3. The van der Waals surface area contributed by atoms with Gasteiger partial charge in [-0.05, 0) is 68.3 Å². The molecule has 1 heterocycles.